The van der Waals surface area contributed by atoms with Gasteiger partial charge in [0.05, 0.1) is 11.9 Å². The monoisotopic (exact) mass is 613 g/mol. The average molecular weight is 615 g/mol. The van der Waals surface area contributed by atoms with E-state index in [9.17, 15) is 18.0 Å². The zero-order valence-corrected chi connectivity index (χ0v) is 25.3. The van der Waals surface area contributed by atoms with Crippen molar-refractivity contribution in [3.8, 4) is 0 Å². The average Bonchev–Trinajstić information content (AvgIpc) is 2.89. The van der Waals surface area contributed by atoms with Crippen molar-refractivity contribution in [2.24, 2.45) is 0 Å². The highest BCUT2D eigenvalue weighted by molar-refractivity contribution is 9.10. The maximum Gasteiger partial charge on any atom is 0.244 e. The van der Waals surface area contributed by atoms with Crippen LogP contribution in [0.5, 0.6) is 0 Å². The van der Waals surface area contributed by atoms with Gasteiger partial charge in [0.1, 0.15) is 12.6 Å². The molecular weight excluding hydrogens is 578 g/mol. The van der Waals surface area contributed by atoms with Gasteiger partial charge in [-0.25, -0.2) is 8.42 Å². The smallest absolute Gasteiger partial charge is 0.244 e. The third kappa shape index (κ3) is 8.66. The van der Waals surface area contributed by atoms with Crippen LogP contribution in [0, 0.1) is 13.8 Å². The summed E-state index contributed by atoms with van der Waals surface area (Å²) in [6, 6.07) is 21.7. The summed E-state index contributed by atoms with van der Waals surface area (Å²) in [5.74, 6) is -0.740. The summed E-state index contributed by atoms with van der Waals surface area (Å²) < 4.78 is 27.9. The lowest BCUT2D eigenvalue weighted by atomic mass is 10.0. The van der Waals surface area contributed by atoms with Crippen LogP contribution in [0.4, 0.5) is 5.69 Å². The Morgan fingerprint density at radius 3 is 2.28 bits per heavy atom. The van der Waals surface area contributed by atoms with Crippen LogP contribution in [0.15, 0.2) is 77.3 Å². The molecule has 1 atom stereocenters. The molecule has 3 aromatic rings. The van der Waals surface area contributed by atoms with Crippen molar-refractivity contribution in [2.45, 2.75) is 46.2 Å². The van der Waals surface area contributed by atoms with E-state index in [1.807, 2.05) is 87.5 Å². The maximum atomic E-state index is 14.1. The molecule has 0 aliphatic rings. The van der Waals surface area contributed by atoms with Gasteiger partial charge >= 0.3 is 0 Å². The minimum absolute atomic E-state index is 0.139. The number of aryl methyl sites for hydroxylation is 2. The molecule has 3 aromatic carbocycles. The first-order valence-electron chi connectivity index (χ1n) is 12.9. The van der Waals surface area contributed by atoms with E-state index < -0.39 is 28.5 Å². The Balaban J connectivity index is 2.07. The quantitative estimate of drug-likeness (QED) is 0.311. The number of nitrogens with one attached hydrogen (secondary N) is 1. The highest BCUT2D eigenvalue weighted by Crippen LogP contribution is 2.25. The summed E-state index contributed by atoms with van der Waals surface area (Å²) in [5.41, 5.74) is 3.78. The van der Waals surface area contributed by atoms with E-state index in [0.29, 0.717) is 18.7 Å². The summed E-state index contributed by atoms with van der Waals surface area (Å²) in [6.07, 6.45) is 2.13. The van der Waals surface area contributed by atoms with E-state index in [4.69, 9.17) is 0 Å². The molecule has 0 saturated carbocycles. The van der Waals surface area contributed by atoms with Crippen LogP contribution in [0.1, 0.15) is 35.6 Å². The Bertz CT molecular complexity index is 1400. The fourth-order valence-corrected chi connectivity index (χ4v) is 5.68. The van der Waals surface area contributed by atoms with Crippen molar-refractivity contribution in [1.82, 2.24) is 10.2 Å². The number of carbonyl (C=O) groups is 2. The van der Waals surface area contributed by atoms with Gasteiger partial charge in [-0.05, 0) is 60.7 Å². The molecule has 0 heterocycles. The van der Waals surface area contributed by atoms with Crippen molar-refractivity contribution in [3.63, 3.8) is 0 Å². The number of hydrogen-bond acceptors (Lipinski definition) is 4. The van der Waals surface area contributed by atoms with Gasteiger partial charge in [0, 0.05) is 24.0 Å². The molecule has 3 rings (SSSR count). The molecule has 7 nitrogen and oxygen atoms in total. The van der Waals surface area contributed by atoms with Crippen molar-refractivity contribution in [3.05, 3.63) is 99.5 Å². The SMILES string of the molecule is CCCNC(=O)[C@@H](Cc1ccccc1)N(Cc1cccc(Br)c1)C(=O)CN(c1cc(C)ccc1C)S(C)(=O)=O. The summed E-state index contributed by atoms with van der Waals surface area (Å²) in [6.45, 7) is 5.83. The van der Waals surface area contributed by atoms with Crippen molar-refractivity contribution in [1.29, 1.82) is 0 Å². The topological polar surface area (TPSA) is 86.8 Å². The predicted octanol–water partition coefficient (Wildman–Crippen LogP) is 5.00. The number of rotatable bonds is 12. The molecule has 0 aliphatic heterocycles. The minimum Gasteiger partial charge on any atom is -0.354 e. The predicted molar refractivity (Wildman–Crippen MR) is 160 cm³/mol. The van der Waals surface area contributed by atoms with Crippen LogP contribution in [-0.2, 0) is 32.6 Å². The second-order valence-corrected chi connectivity index (χ2v) is 12.5. The van der Waals surface area contributed by atoms with E-state index >= 15 is 0 Å². The molecule has 0 fully saturated rings. The second kappa shape index (κ2) is 13.8. The van der Waals surface area contributed by atoms with Gasteiger partial charge in [0.2, 0.25) is 21.8 Å². The van der Waals surface area contributed by atoms with E-state index in [0.717, 1.165) is 43.7 Å². The molecule has 9 heteroatoms. The molecule has 1 N–H and O–H groups in total. The first kappa shape index (κ1) is 30.4. The zero-order chi connectivity index (χ0) is 28.6. The first-order chi connectivity index (χ1) is 18.5. The van der Waals surface area contributed by atoms with Crippen molar-refractivity contribution < 1.29 is 18.0 Å². The normalized spacial score (nSPS) is 12.0. The highest BCUT2D eigenvalue weighted by Gasteiger charge is 2.33. The van der Waals surface area contributed by atoms with Crippen LogP contribution < -0.4 is 9.62 Å². The van der Waals surface area contributed by atoms with Crippen LogP contribution in [0.2, 0.25) is 0 Å². The van der Waals surface area contributed by atoms with Gasteiger partial charge in [-0.15, -0.1) is 0 Å². The molecule has 0 unspecified atom stereocenters. The van der Waals surface area contributed by atoms with Gasteiger partial charge in [-0.1, -0.05) is 77.5 Å². The number of anilines is 1. The second-order valence-electron chi connectivity index (χ2n) is 9.71. The molecule has 0 aliphatic carbocycles. The van der Waals surface area contributed by atoms with E-state index in [2.05, 4.69) is 21.2 Å². The Labute approximate surface area is 240 Å². The van der Waals surface area contributed by atoms with Crippen molar-refractivity contribution >= 4 is 43.5 Å². The number of amides is 2. The van der Waals surface area contributed by atoms with Crippen LogP contribution in [0.25, 0.3) is 0 Å². The maximum absolute atomic E-state index is 14.1. The summed E-state index contributed by atoms with van der Waals surface area (Å²) in [5, 5.41) is 2.94. The van der Waals surface area contributed by atoms with Crippen LogP contribution in [0.3, 0.4) is 0 Å². The van der Waals surface area contributed by atoms with Crippen LogP contribution >= 0.6 is 15.9 Å². The number of halogens is 1. The van der Waals surface area contributed by atoms with Gasteiger partial charge in [0.15, 0.2) is 0 Å². The fourth-order valence-electron chi connectivity index (χ4n) is 4.33. The lowest BCUT2D eigenvalue weighted by Crippen LogP contribution is -2.53. The summed E-state index contributed by atoms with van der Waals surface area (Å²) in [7, 11) is -3.81. The molecule has 0 radical (unpaired) electrons. The fraction of sp³-hybridized carbons (Fsp3) is 0.333. The third-order valence-electron chi connectivity index (χ3n) is 6.37. The number of nitrogens with zero attached hydrogens (tertiary/aromatic N) is 2. The van der Waals surface area contributed by atoms with E-state index in [1.54, 1.807) is 6.07 Å². The number of hydrogen-bond donors (Lipinski definition) is 1. The molecule has 0 spiro atoms. The van der Waals surface area contributed by atoms with Gasteiger partial charge in [0.25, 0.3) is 0 Å². The lowest BCUT2D eigenvalue weighted by Gasteiger charge is -2.34. The van der Waals surface area contributed by atoms with Crippen molar-refractivity contribution in [2.75, 3.05) is 23.7 Å². The van der Waals surface area contributed by atoms with Gasteiger partial charge in [-0.2, -0.15) is 0 Å². The number of benzene rings is 3. The lowest BCUT2D eigenvalue weighted by molar-refractivity contribution is -0.140. The molecule has 2 amide bonds. The number of sulfonamides is 1. The Kier molecular flexibility index (Phi) is 10.7. The molecule has 0 aromatic heterocycles. The van der Waals surface area contributed by atoms with Gasteiger partial charge in [-0.3, -0.25) is 13.9 Å². The Hall–Kier alpha value is -3.17. The molecule has 39 heavy (non-hydrogen) atoms. The summed E-state index contributed by atoms with van der Waals surface area (Å²) in [4.78, 5) is 29.1. The third-order valence-corrected chi connectivity index (χ3v) is 7.99. The Morgan fingerprint density at radius 2 is 1.64 bits per heavy atom. The number of carbonyl (C=O) groups excluding carboxylic acids is 2. The first-order valence-corrected chi connectivity index (χ1v) is 15.5. The zero-order valence-electron chi connectivity index (χ0n) is 22.9. The molecule has 0 bridgehead atoms. The molecular formula is C30H36BrN3O4S. The van der Waals surface area contributed by atoms with E-state index in [1.165, 1.54) is 4.90 Å². The highest BCUT2D eigenvalue weighted by atomic mass is 79.9. The summed E-state index contributed by atoms with van der Waals surface area (Å²) >= 11 is 3.48. The van der Waals surface area contributed by atoms with Crippen LogP contribution in [-0.4, -0.2) is 50.5 Å². The Morgan fingerprint density at radius 1 is 0.949 bits per heavy atom. The van der Waals surface area contributed by atoms with Gasteiger partial charge < -0.3 is 10.2 Å². The molecule has 0 saturated heterocycles. The largest absolute Gasteiger partial charge is 0.354 e. The molecule has 208 valence electrons. The standard InChI is InChI=1S/C30H36BrN3O4S/c1-5-16-32-30(36)28(19-24-10-7-6-8-11-24)33(20-25-12-9-13-26(31)18-25)29(35)21-34(39(4,37)38)27-17-22(2)14-15-23(27)3/h6-15,17-18,28H,5,16,19-21H2,1-4H3,(H,32,36)/t28-/m1/s1. The van der Waals surface area contributed by atoms with E-state index in [-0.39, 0.29) is 12.5 Å². The minimum atomic E-state index is -3.81.